The number of hydrogen-bond acceptors (Lipinski definition) is 2. The Labute approximate surface area is 97.0 Å². The Morgan fingerprint density at radius 3 is 2.81 bits per heavy atom. The maximum atomic E-state index is 5.29. The van der Waals surface area contributed by atoms with Crippen molar-refractivity contribution in [3.8, 4) is 0 Å². The molecule has 1 fully saturated rings. The first-order chi connectivity index (χ1) is 7.85. The number of anilines is 1. The summed E-state index contributed by atoms with van der Waals surface area (Å²) in [5, 5.41) is 3.59. The van der Waals surface area contributed by atoms with Crippen molar-refractivity contribution >= 4 is 5.69 Å². The minimum Gasteiger partial charge on any atom is -0.382 e. The van der Waals surface area contributed by atoms with Crippen LogP contribution in [0.25, 0.3) is 0 Å². The fraction of sp³-hybridized carbons (Fsp3) is 0.571. The lowest BCUT2D eigenvalue weighted by Gasteiger charge is -2.35. The minimum atomic E-state index is 0.479. The SMILES string of the molecule is COC1CC(Nc2ccc3c(c2)CCC3)C1. The highest BCUT2D eigenvalue weighted by molar-refractivity contribution is 5.51. The number of ether oxygens (including phenoxy) is 1. The lowest BCUT2D eigenvalue weighted by molar-refractivity contribution is 0.0329. The molecule has 0 radical (unpaired) electrons. The summed E-state index contributed by atoms with van der Waals surface area (Å²) in [4.78, 5) is 0. The van der Waals surface area contributed by atoms with E-state index in [4.69, 9.17) is 4.74 Å². The van der Waals surface area contributed by atoms with Gasteiger partial charge in [-0.15, -0.1) is 0 Å². The molecular weight excluding hydrogens is 198 g/mol. The topological polar surface area (TPSA) is 21.3 Å². The first-order valence-corrected chi connectivity index (χ1v) is 6.26. The van der Waals surface area contributed by atoms with Crippen molar-refractivity contribution in [2.24, 2.45) is 0 Å². The van der Waals surface area contributed by atoms with Crippen molar-refractivity contribution in [3.05, 3.63) is 29.3 Å². The van der Waals surface area contributed by atoms with Gasteiger partial charge in [-0.25, -0.2) is 0 Å². The summed E-state index contributed by atoms with van der Waals surface area (Å²) < 4.78 is 5.29. The zero-order valence-electron chi connectivity index (χ0n) is 9.83. The first kappa shape index (κ1) is 10.2. The average Bonchev–Trinajstić information content (AvgIpc) is 2.69. The van der Waals surface area contributed by atoms with Crippen molar-refractivity contribution in [2.45, 2.75) is 44.2 Å². The van der Waals surface area contributed by atoms with Gasteiger partial charge in [0.05, 0.1) is 6.10 Å². The van der Waals surface area contributed by atoms with Crippen molar-refractivity contribution in [1.29, 1.82) is 0 Å². The zero-order chi connectivity index (χ0) is 11.0. The van der Waals surface area contributed by atoms with Crippen LogP contribution in [0, 0.1) is 0 Å². The van der Waals surface area contributed by atoms with Crippen molar-refractivity contribution in [1.82, 2.24) is 0 Å². The van der Waals surface area contributed by atoms with Crippen LogP contribution in [0.3, 0.4) is 0 Å². The molecule has 0 heterocycles. The normalized spacial score (nSPS) is 27.3. The standard InChI is InChI=1S/C14H19NO/c1-16-14-8-13(9-14)15-12-6-5-10-3-2-4-11(10)7-12/h5-7,13-15H,2-4,8-9H2,1H3. The summed E-state index contributed by atoms with van der Waals surface area (Å²) >= 11 is 0. The molecule has 1 aromatic rings. The molecule has 16 heavy (non-hydrogen) atoms. The third-order valence-corrected chi connectivity index (χ3v) is 3.90. The van der Waals surface area contributed by atoms with E-state index in [-0.39, 0.29) is 0 Å². The number of aryl methyl sites for hydroxylation is 2. The van der Waals surface area contributed by atoms with Crippen molar-refractivity contribution in [3.63, 3.8) is 0 Å². The predicted octanol–water partition coefficient (Wildman–Crippen LogP) is 2.76. The van der Waals surface area contributed by atoms with Gasteiger partial charge in [0.2, 0.25) is 0 Å². The second kappa shape index (κ2) is 4.10. The second-order valence-corrected chi connectivity index (χ2v) is 5.01. The zero-order valence-corrected chi connectivity index (χ0v) is 9.83. The molecule has 0 unspecified atom stereocenters. The summed E-state index contributed by atoms with van der Waals surface area (Å²) in [5.74, 6) is 0. The number of hydrogen-bond donors (Lipinski definition) is 1. The number of methoxy groups -OCH3 is 1. The monoisotopic (exact) mass is 217 g/mol. The van der Waals surface area contributed by atoms with Crippen molar-refractivity contribution < 1.29 is 4.74 Å². The molecule has 86 valence electrons. The maximum absolute atomic E-state index is 5.29. The number of benzene rings is 1. The van der Waals surface area contributed by atoms with Crippen LogP contribution < -0.4 is 5.32 Å². The largest absolute Gasteiger partial charge is 0.382 e. The molecule has 0 aromatic heterocycles. The maximum Gasteiger partial charge on any atom is 0.0610 e. The third kappa shape index (κ3) is 1.82. The Balaban J connectivity index is 1.63. The molecule has 1 aromatic carbocycles. The number of fused-ring (bicyclic) bond motifs is 1. The molecule has 0 aliphatic heterocycles. The van der Waals surface area contributed by atoms with Crippen LogP contribution in [0.2, 0.25) is 0 Å². The van der Waals surface area contributed by atoms with Crippen LogP contribution in [0.15, 0.2) is 18.2 Å². The van der Waals surface area contributed by atoms with E-state index in [0.717, 1.165) is 12.8 Å². The van der Waals surface area contributed by atoms with Gasteiger partial charge in [0, 0.05) is 18.8 Å². The molecular formula is C14H19NO. The van der Waals surface area contributed by atoms with E-state index in [2.05, 4.69) is 23.5 Å². The van der Waals surface area contributed by atoms with Gasteiger partial charge in [-0.3, -0.25) is 0 Å². The molecule has 0 bridgehead atoms. The molecule has 0 atom stereocenters. The highest BCUT2D eigenvalue weighted by Gasteiger charge is 2.28. The Bertz CT molecular complexity index is 382. The molecule has 2 nitrogen and oxygen atoms in total. The minimum absolute atomic E-state index is 0.479. The summed E-state index contributed by atoms with van der Waals surface area (Å²) in [6.45, 7) is 0. The molecule has 2 aliphatic rings. The van der Waals surface area contributed by atoms with Crippen LogP contribution in [-0.4, -0.2) is 19.3 Å². The Kier molecular flexibility index (Phi) is 2.60. The molecule has 0 saturated heterocycles. The van der Waals surface area contributed by atoms with Crippen LogP contribution in [-0.2, 0) is 17.6 Å². The molecule has 2 aliphatic carbocycles. The van der Waals surface area contributed by atoms with Gasteiger partial charge in [-0.1, -0.05) is 6.07 Å². The van der Waals surface area contributed by atoms with Gasteiger partial charge >= 0.3 is 0 Å². The summed E-state index contributed by atoms with van der Waals surface area (Å²) in [6, 6.07) is 7.47. The van der Waals surface area contributed by atoms with Crippen LogP contribution in [0.5, 0.6) is 0 Å². The van der Waals surface area contributed by atoms with Gasteiger partial charge < -0.3 is 10.1 Å². The van der Waals surface area contributed by atoms with Gasteiger partial charge in [-0.2, -0.15) is 0 Å². The fourth-order valence-corrected chi connectivity index (χ4v) is 2.77. The highest BCUT2D eigenvalue weighted by Crippen LogP contribution is 2.29. The predicted molar refractivity (Wildman–Crippen MR) is 65.9 cm³/mol. The molecule has 0 amide bonds. The Hall–Kier alpha value is -1.02. The van der Waals surface area contributed by atoms with E-state index >= 15 is 0 Å². The van der Waals surface area contributed by atoms with Crippen LogP contribution in [0.4, 0.5) is 5.69 Å². The van der Waals surface area contributed by atoms with Gasteiger partial charge in [0.1, 0.15) is 0 Å². The van der Waals surface area contributed by atoms with E-state index in [1.807, 2.05) is 0 Å². The second-order valence-electron chi connectivity index (χ2n) is 5.01. The Morgan fingerprint density at radius 1 is 1.19 bits per heavy atom. The van der Waals surface area contributed by atoms with Gasteiger partial charge in [0.15, 0.2) is 0 Å². The molecule has 1 saturated carbocycles. The molecule has 0 spiro atoms. The number of nitrogens with one attached hydrogen (secondary N) is 1. The number of rotatable bonds is 3. The van der Waals surface area contributed by atoms with E-state index in [0.29, 0.717) is 12.1 Å². The Morgan fingerprint density at radius 2 is 2.00 bits per heavy atom. The van der Waals surface area contributed by atoms with Crippen LogP contribution in [0.1, 0.15) is 30.4 Å². The quantitative estimate of drug-likeness (QED) is 0.840. The van der Waals surface area contributed by atoms with E-state index < -0.39 is 0 Å². The smallest absolute Gasteiger partial charge is 0.0610 e. The van der Waals surface area contributed by atoms with Gasteiger partial charge in [-0.05, 0) is 55.4 Å². The van der Waals surface area contributed by atoms with E-state index in [9.17, 15) is 0 Å². The fourth-order valence-electron chi connectivity index (χ4n) is 2.77. The first-order valence-electron chi connectivity index (χ1n) is 6.26. The molecule has 1 N–H and O–H groups in total. The third-order valence-electron chi connectivity index (χ3n) is 3.90. The van der Waals surface area contributed by atoms with Gasteiger partial charge in [0.25, 0.3) is 0 Å². The summed E-state index contributed by atoms with van der Waals surface area (Å²) in [5.41, 5.74) is 4.39. The van der Waals surface area contributed by atoms with Crippen molar-refractivity contribution in [2.75, 3.05) is 12.4 Å². The highest BCUT2D eigenvalue weighted by atomic mass is 16.5. The van der Waals surface area contributed by atoms with Crippen LogP contribution >= 0.6 is 0 Å². The lowest BCUT2D eigenvalue weighted by atomic mass is 9.89. The summed E-state index contributed by atoms with van der Waals surface area (Å²) in [7, 11) is 1.80. The summed E-state index contributed by atoms with van der Waals surface area (Å²) in [6.07, 6.45) is 6.63. The van der Waals surface area contributed by atoms with E-state index in [1.165, 1.54) is 24.9 Å². The average molecular weight is 217 g/mol. The molecule has 3 rings (SSSR count). The van der Waals surface area contributed by atoms with E-state index in [1.54, 1.807) is 18.2 Å². The lowest BCUT2D eigenvalue weighted by Crippen LogP contribution is -2.40. The molecule has 2 heteroatoms.